The Morgan fingerprint density at radius 1 is 1.05 bits per heavy atom. The van der Waals surface area contributed by atoms with E-state index in [-0.39, 0.29) is 6.04 Å². The van der Waals surface area contributed by atoms with Crippen LogP contribution in [0.3, 0.4) is 0 Å². The fourth-order valence-corrected chi connectivity index (χ4v) is 2.42. The van der Waals surface area contributed by atoms with Crippen LogP contribution >= 0.6 is 0 Å². The minimum Gasteiger partial charge on any atom is -0.372 e. The van der Waals surface area contributed by atoms with Gasteiger partial charge in [-0.15, -0.1) is 0 Å². The third-order valence-electron chi connectivity index (χ3n) is 3.81. The van der Waals surface area contributed by atoms with Crippen LogP contribution in [-0.2, 0) is 6.54 Å². The van der Waals surface area contributed by atoms with Crippen molar-refractivity contribution in [3.63, 3.8) is 0 Å². The van der Waals surface area contributed by atoms with Crippen molar-refractivity contribution in [2.75, 3.05) is 18.0 Å². The van der Waals surface area contributed by atoms with E-state index >= 15 is 0 Å². The second-order valence-electron chi connectivity index (χ2n) is 5.20. The molecule has 21 heavy (non-hydrogen) atoms. The van der Waals surface area contributed by atoms with E-state index < -0.39 is 0 Å². The molecule has 1 N–H and O–H groups in total. The highest BCUT2D eigenvalue weighted by Crippen LogP contribution is 2.16. The summed E-state index contributed by atoms with van der Waals surface area (Å²) in [5, 5.41) is 3.52. The van der Waals surface area contributed by atoms with Crippen LogP contribution in [0.4, 0.5) is 5.69 Å². The molecule has 0 spiro atoms. The van der Waals surface area contributed by atoms with Crippen molar-refractivity contribution < 1.29 is 0 Å². The van der Waals surface area contributed by atoms with E-state index in [9.17, 15) is 0 Å². The Labute approximate surface area is 128 Å². The molecule has 3 nitrogen and oxygen atoms in total. The Bertz CT molecular complexity index is 518. The van der Waals surface area contributed by atoms with Gasteiger partial charge in [0.2, 0.25) is 0 Å². The molecule has 1 unspecified atom stereocenters. The van der Waals surface area contributed by atoms with Gasteiger partial charge in [0.1, 0.15) is 0 Å². The Hall–Kier alpha value is -1.87. The SMILES string of the molecule is CCN(CC)c1ccc(CNC(C)c2ccccn2)cc1. The van der Waals surface area contributed by atoms with Crippen molar-refractivity contribution in [3.8, 4) is 0 Å². The van der Waals surface area contributed by atoms with E-state index in [4.69, 9.17) is 0 Å². The highest BCUT2D eigenvalue weighted by molar-refractivity contribution is 5.47. The summed E-state index contributed by atoms with van der Waals surface area (Å²) in [7, 11) is 0. The molecule has 0 aliphatic carbocycles. The number of benzene rings is 1. The van der Waals surface area contributed by atoms with Crippen LogP contribution in [-0.4, -0.2) is 18.1 Å². The predicted octanol–water partition coefficient (Wildman–Crippen LogP) is 3.78. The lowest BCUT2D eigenvalue weighted by Crippen LogP contribution is -2.22. The summed E-state index contributed by atoms with van der Waals surface area (Å²) in [5.74, 6) is 0. The smallest absolute Gasteiger partial charge is 0.0570 e. The van der Waals surface area contributed by atoms with Crippen molar-refractivity contribution in [2.45, 2.75) is 33.4 Å². The molecule has 0 saturated carbocycles. The summed E-state index contributed by atoms with van der Waals surface area (Å²) in [5.41, 5.74) is 3.67. The van der Waals surface area contributed by atoms with Crippen molar-refractivity contribution in [2.24, 2.45) is 0 Å². The Kier molecular flexibility index (Phi) is 5.76. The maximum absolute atomic E-state index is 4.38. The number of aromatic nitrogens is 1. The van der Waals surface area contributed by atoms with Crippen LogP contribution in [0.15, 0.2) is 48.7 Å². The highest BCUT2D eigenvalue weighted by atomic mass is 15.1. The van der Waals surface area contributed by atoms with Gasteiger partial charge in [0.05, 0.1) is 5.69 Å². The van der Waals surface area contributed by atoms with Crippen LogP contribution < -0.4 is 10.2 Å². The number of nitrogens with zero attached hydrogens (tertiary/aromatic N) is 2. The standard InChI is InChI=1S/C18H25N3/c1-4-21(5-2)17-11-9-16(10-12-17)14-20-15(3)18-8-6-7-13-19-18/h6-13,15,20H,4-5,14H2,1-3H3. The number of nitrogens with one attached hydrogen (secondary N) is 1. The Balaban J connectivity index is 1.92. The molecule has 0 bridgehead atoms. The van der Waals surface area contributed by atoms with E-state index in [1.54, 1.807) is 0 Å². The van der Waals surface area contributed by atoms with E-state index in [0.717, 1.165) is 25.3 Å². The average molecular weight is 283 g/mol. The molecule has 1 heterocycles. The van der Waals surface area contributed by atoms with Gasteiger partial charge in [-0.2, -0.15) is 0 Å². The number of hydrogen-bond donors (Lipinski definition) is 1. The predicted molar refractivity (Wildman–Crippen MR) is 89.5 cm³/mol. The molecule has 0 amide bonds. The zero-order valence-corrected chi connectivity index (χ0v) is 13.2. The molecular weight excluding hydrogens is 258 g/mol. The summed E-state index contributed by atoms with van der Waals surface area (Å²) in [4.78, 5) is 6.74. The minimum atomic E-state index is 0.258. The van der Waals surface area contributed by atoms with Crippen LogP contribution in [0.25, 0.3) is 0 Å². The molecule has 0 saturated heterocycles. The van der Waals surface area contributed by atoms with Crippen LogP contribution in [0.5, 0.6) is 0 Å². The average Bonchev–Trinajstić information content (AvgIpc) is 2.55. The van der Waals surface area contributed by atoms with Gasteiger partial charge in [-0.1, -0.05) is 18.2 Å². The molecular formula is C18H25N3. The maximum Gasteiger partial charge on any atom is 0.0570 e. The lowest BCUT2D eigenvalue weighted by atomic mass is 10.1. The molecule has 1 atom stereocenters. The van der Waals surface area contributed by atoms with Gasteiger partial charge in [-0.3, -0.25) is 4.98 Å². The van der Waals surface area contributed by atoms with Crippen LogP contribution in [0, 0.1) is 0 Å². The monoisotopic (exact) mass is 283 g/mol. The quantitative estimate of drug-likeness (QED) is 0.838. The minimum absolute atomic E-state index is 0.258. The van der Waals surface area contributed by atoms with Gasteiger partial charge in [0.25, 0.3) is 0 Å². The molecule has 0 radical (unpaired) electrons. The first-order valence-electron chi connectivity index (χ1n) is 7.72. The first-order valence-corrected chi connectivity index (χ1v) is 7.72. The second-order valence-corrected chi connectivity index (χ2v) is 5.20. The van der Waals surface area contributed by atoms with Crippen molar-refractivity contribution in [1.29, 1.82) is 0 Å². The molecule has 1 aromatic heterocycles. The third kappa shape index (κ3) is 4.30. The van der Waals surface area contributed by atoms with Gasteiger partial charge in [-0.25, -0.2) is 0 Å². The zero-order chi connectivity index (χ0) is 15.1. The summed E-state index contributed by atoms with van der Waals surface area (Å²) in [6.45, 7) is 9.47. The van der Waals surface area contributed by atoms with E-state index in [1.165, 1.54) is 11.3 Å². The number of anilines is 1. The fraction of sp³-hybridized carbons (Fsp3) is 0.389. The summed E-state index contributed by atoms with van der Waals surface area (Å²) in [6, 6.07) is 15.1. The van der Waals surface area contributed by atoms with Gasteiger partial charge in [0, 0.05) is 37.6 Å². The lowest BCUT2D eigenvalue weighted by Gasteiger charge is -2.21. The summed E-state index contributed by atoms with van der Waals surface area (Å²) >= 11 is 0. The van der Waals surface area contributed by atoms with Gasteiger partial charge < -0.3 is 10.2 Å². The molecule has 0 aliphatic heterocycles. The maximum atomic E-state index is 4.38. The largest absolute Gasteiger partial charge is 0.372 e. The third-order valence-corrected chi connectivity index (χ3v) is 3.81. The van der Waals surface area contributed by atoms with Crippen LogP contribution in [0.2, 0.25) is 0 Å². The van der Waals surface area contributed by atoms with Gasteiger partial charge in [0.15, 0.2) is 0 Å². The summed E-state index contributed by atoms with van der Waals surface area (Å²) < 4.78 is 0. The molecule has 2 rings (SSSR count). The fourth-order valence-electron chi connectivity index (χ4n) is 2.42. The Morgan fingerprint density at radius 3 is 2.33 bits per heavy atom. The molecule has 0 aliphatic rings. The van der Waals surface area contributed by atoms with E-state index in [1.807, 2.05) is 18.3 Å². The van der Waals surface area contributed by atoms with Crippen LogP contribution in [0.1, 0.15) is 38.1 Å². The van der Waals surface area contributed by atoms with E-state index in [2.05, 4.69) is 66.3 Å². The van der Waals surface area contributed by atoms with Crippen molar-refractivity contribution >= 4 is 5.69 Å². The van der Waals surface area contributed by atoms with Crippen molar-refractivity contribution in [3.05, 3.63) is 59.9 Å². The molecule has 0 fully saturated rings. The molecule has 2 aromatic rings. The molecule has 1 aromatic carbocycles. The first kappa shape index (κ1) is 15.5. The summed E-state index contributed by atoms with van der Waals surface area (Å²) in [6.07, 6.45) is 1.84. The zero-order valence-electron chi connectivity index (χ0n) is 13.2. The number of pyridine rings is 1. The second kappa shape index (κ2) is 7.79. The molecule has 112 valence electrons. The van der Waals surface area contributed by atoms with Gasteiger partial charge in [-0.05, 0) is 50.6 Å². The normalized spacial score (nSPS) is 12.1. The first-order chi connectivity index (χ1) is 10.2. The van der Waals surface area contributed by atoms with Gasteiger partial charge >= 0.3 is 0 Å². The number of rotatable bonds is 7. The lowest BCUT2D eigenvalue weighted by molar-refractivity contribution is 0.561. The topological polar surface area (TPSA) is 28.2 Å². The van der Waals surface area contributed by atoms with E-state index in [0.29, 0.717) is 0 Å². The Morgan fingerprint density at radius 2 is 1.76 bits per heavy atom. The highest BCUT2D eigenvalue weighted by Gasteiger charge is 2.06. The van der Waals surface area contributed by atoms with Crippen molar-refractivity contribution in [1.82, 2.24) is 10.3 Å². The molecule has 3 heteroatoms. The number of hydrogen-bond acceptors (Lipinski definition) is 3.